The monoisotopic (exact) mass is 297 g/mol. The lowest BCUT2D eigenvalue weighted by atomic mass is 9.90. The Labute approximate surface area is 130 Å². The van der Waals surface area contributed by atoms with E-state index in [4.69, 9.17) is 0 Å². The van der Waals surface area contributed by atoms with Crippen LogP contribution in [0.15, 0.2) is 48.5 Å². The second kappa shape index (κ2) is 6.30. The molecule has 0 radical (unpaired) electrons. The first-order valence-electron chi connectivity index (χ1n) is 7.75. The van der Waals surface area contributed by atoms with Gasteiger partial charge in [-0.3, -0.25) is 4.79 Å². The zero-order chi connectivity index (χ0) is 15.5. The van der Waals surface area contributed by atoms with E-state index in [0.717, 1.165) is 24.1 Å². The summed E-state index contributed by atoms with van der Waals surface area (Å²) in [6, 6.07) is 14.5. The highest BCUT2D eigenvalue weighted by atomic mass is 19.1. The molecule has 0 saturated heterocycles. The molecule has 1 aliphatic carbocycles. The minimum Gasteiger partial charge on any atom is -0.378 e. The van der Waals surface area contributed by atoms with Gasteiger partial charge in [-0.1, -0.05) is 29.8 Å². The van der Waals surface area contributed by atoms with Gasteiger partial charge in [0, 0.05) is 18.0 Å². The lowest BCUT2D eigenvalue weighted by molar-refractivity contribution is -0.121. The molecule has 0 aliphatic heterocycles. The third-order valence-corrected chi connectivity index (χ3v) is 4.36. The zero-order valence-electron chi connectivity index (χ0n) is 12.7. The van der Waals surface area contributed by atoms with Gasteiger partial charge in [0.25, 0.3) is 0 Å². The predicted molar refractivity (Wildman–Crippen MR) is 86.3 cm³/mol. The minimum absolute atomic E-state index is 0.0354. The minimum atomic E-state index is -0.254. The molecule has 0 aromatic heterocycles. The van der Waals surface area contributed by atoms with Gasteiger partial charge in [0.15, 0.2) is 0 Å². The number of halogens is 1. The quantitative estimate of drug-likeness (QED) is 0.889. The lowest BCUT2D eigenvalue weighted by Crippen LogP contribution is -2.24. The van der Waals surface area contributed by atoms with E-state index >= 15 is 0 Å². The number of benzene rings is 2. The average Bonchev–Trinajstić information content (AvgIpc) is 2.94. The summed E-state index contributed by atoms with van der Waals surface area (Å²) in [5.41, 5.74) is 3.14. The van der Waals surface area contributed by atoms with Crippen molar-refractivity contribution in [2.45, 2.75) is 32.2 Å². The molecule has 1 fully saturated rings. The highest BCUT2D eigenvalue weighted by Crippen LogP contribution is 2.35. The fourth-order valence-corrected chi connectivity index (χ4v) is 3.11. The van der Waals surface area contributed by atoms with E-state index in [1.807, 2.05) is 31.2 Å². The fourth-order valence-electron chi connectivity index (χ4n) is 3.11. The zero-order valence-corrected chi connectivity index (χ0v) is 12.7. The van der Waals surface area contributed by atoms with Crippen LogP contribution in [0.3, 0.4) is 0 Å². The highest BCUT2D eigenvalue weighted by molar-refractivity contribution is 5.84. The first kappa shape index (κ1) is 14.8. The fraction of sp³-hybridized carbons (Fsp3) is 0.316. The number of nitrogens with one attached hydrogen (secondary N) is 1. The van der Waals surface area contributed by atoms with Crippen LogP contribution in [0.5, 0.6) is 0 Å². The number of Topliss-reactive ketones (excluding diaryl/α,β-unsaturated/α-hetero) is 1. The summed E-state index contributed by atoms with van der Waals surface area (Å²) >= 11 is 0. The molecule has 1 saturated carbocycles. The van der Waals surface area contributed by atoms with Crippen molar-refractivity contribution in [2.24, 2.45) is 5.92 Å². The number of carbonyl (C=O) groups excluding carboxylic acids is 1. The Balaban J connectivity index is 1.90. The van der Waals surface area contributed by atoms with E-state index in [1.54, 1.807) is 12.1 Å². The van der Waals surface area contributed by atoms with E-state index < -0.39 is 0 Å². The largest absolute Gasteiger partial charge is 0.378 e. The molecule has 3 heteroatoms. The third-order valence-electron chi connectivity index (χ3n) is 4.36. The highest BCUT2D eigenvalue weighted by Gasteiger charge is 2.33. The van der Waals surface area contributed by atoms with Crippen molar-refractivity contribution in [3.05, 3.63) is 65.5 Å². The molecule has 0 bridgehead atoms. The molecule has 0 heterocycles. The maximum Gasteiger partial charge on any atom is 0.138 e. The van der Waals surface area contributed by atoms with Gasteiger partial charge >= 0.3 is 0 Å². The van der Waals surface area contributed by atoms with Crippen LogP contribution in [0.1, 0.15) is 36.4 Å². The van der Waals surface area contributed by atoms with E-state index in [9.17, 15) is 9.18 Å². The van der Waals surface area contributed by atoms with Crippen LogP contribution in [0.4, 0.5) is 10.1 Å². The van der Waals surface area contributed by atoms with Gasteiger partial charge < -0.3 is 5.32 Å². The van der Waals surface area contributed by atoms with Crippen LogP contribution in [0, 0.1) is 18.7 Å². The van der Waals surface area contributed by atoms with Gasteiger partial charge in [0.05, 0.1) is 6.04 Å². The van der Waals surface area contributed by atoms with Crippen molar-refractivity contribution < 1.29 is 9.18 Å². The van der Waals surface area contributed by atoms with E-state index in [0.29, 0.717) is 12.2 Å². The second-order valence-corrected chi connectivity index (χ2v) is 6.00. The van der Waals surface area contributed by atoms with Crippen LogP contribution >= 0.6 is 0 Å². The number of ketones is 1. The molecule has 0 spiro atoms. The predicted octanol–water partition coefficient (Wildman–Crippen LogP) is 4.66. The number of carbonyl (C=O) groups is 1. The summed E-state index contributed by atoms with van der Waals surface area (Å²) in [5, 5.41) is 3.47. The number of rotatable bonds is 4. The molecule has 0 unspecified atom stereocenters. The van der Waals surface area contributed by atoms with Crippen molar-refractivity contribution >= 4 is 11.5 Å². The molecule has 0 amide bonds. The van der Waals surface area contributed by atoms with Crippen LogP contribution in [-0.2, 0) is 4.79 Å². The molecule has 2 atom stereocenters. The van der Waals surface area contributed by atoms with Gasteiger partial charge in [0.2, 0.25) is 0 Å². The number of hydrogen-bond donors (Lipinski definition) is 1. The number of hydrogen-bond acceptors (Lipinski definition) is 2. The molecule has 3 rings (SSSR count). The van der Waals surface area contributed by atoms with Gasteiger partial charge in [-0.25, -0.2) is 4.39 Å². The van der Waals surface area contributed by atoms with Gasteiger partial charge in [-0.15, -0.1) is 0 Å². The Bertz CT molecular complexity index is 648. The molecular formula is C19H20FNO. The van der Waals surface area contributed by atoms with Gasteiger partial charge in [-0.2, -0.15) is 0 Å². The standard InChI is InChI=1S/C19H20FNO/c1-13-5-11-16(12-6-13)21-19(17-3-2-4-18(17)22)14-7-9-15(20)10-8-14/h5-12,17,19,21H,2-4H2,1H3/t17-,19-/m1/s1. The van der Waals surface area contributed by atoms with E-state index in [-0.39, 0.29) is 17.8 Å². The van der Waals surface area contributed by atoms with Gasteiger partial charge in [-0.05, 0) is 49.6 Å². The average molecular weight is 297 g/mol. The third kappa shape index (κ3) is 3.19. The molecule has 1 aliphatic rings. The first-order valence-corrected chi connectivity index (χ1v) is 7.75. The summed E-state index contributed by atoms with van der Waals surface area (Å²) < 4.78 is 13.2. The van der Waals surface area contributed by atoms with Crippen molar-refractivity contribution in [1.29, 1.82) is 0 Å². The normalized spacial score (nSPS) is 19.2. The number of aryl methyl sites for hydroxylation is 1. The smallest absolute Gasteiger partial charge is 0.138 e. The molecule has 114 valence electrons. The van der Waals surface area contributed by atoms with Crippen LogP contribution in [-0.4, -0.2) is 5.78 Å². The van der Waals surface area contributed by atoms with Crippen molar-refractivity contribution in [1.82, 2.24) is 0 Å². The molecule has 2 nitrogen and oxygen atoms in total. The molecular weight excluding hydrogens is 277 g/mol. The maximum atomic E-state index is 13.2. The van der Waals surface area contributed by atoms with Crippen molar-refractivity contribution in [2.75, 3.05) is 5.32 Å². The van der Waals surface area contributed by atoms with E-state index in [1.165, 1.54) is 17.7 Å². The summed E-state index contributed by atoms with van der Waals surface area (Å²) in [6.07, 6.45) is 2.48. The topological polar surface area (TPSA) is 29.1 Å². The molecule has 22 heavy (non-hydrogen) atoms. The van der Waals surface area contributed by atoms with Crippen molar-refractivity contribution in [3.8, 4) is 0 Å². The Morgan fingerprint density at radius 2 is 1.77 bits per heavy atom. The Morgan fingerprint density at radius 3 is 2.36 bits per heavy atom. The molecule has 2 aromatic carbocycles. The van der Waals surface area contributed by atoms with Crippen molar-refractivity contribution in [3.63, 3.8) is 0 Å². The van der Waals surface area contributed by atoms with Gasteiger partial charge in [0.1, 0.15) is 11.6 Å². The van der Waals surface area contributed by atoms with Crippen LogP contribution in [0.2, 0.25) is 0 Å². The summed E-state index contributed by atoms with van der Waals surface area (Å²) in [6.45, 7) is 2.04. The summed E-state index contributed by atoms with van der Waals surface area (Å²) in [7, 11) is 0. The van der Waals surface area contributed by atoms with E-state index in [2.05, 4.69) is 5.32 Å². The second-order valence-electron chi connectivity index (χ2n) is 6.00. The van der Waals surface area contributed by atoms with Crippen LogP contribution < -0.4 is 5.32 Å². The molecule has 1 N–H and O–H groups in total. The molecule has 2 aromatic rings. The number of anilines is 1. The Kier molecular flexibility index (Phi) is 4.23. The maximum absolute atomic E-state index is 13.2. The SMILES string of the molecule is Cc1ccc(N[C@H](c2ccc(F)cc2)[C@@H]2CCCC2=O)cc1. The first-order chi connectivity index (χ1) is 10.6. The van der Waals surface area contributed by atoms with Crippen LogP contribution in [0.25, 0.3) is 0 Å². The lowest BCUT2D eigenvalue weighted by Gasteiger charge is -2.25. The Morgan fingerprint density at radius 1 is 1.09 bits per heavy atom. The summed E-state index contributed by atoms with van der Waals surface area (Å²) in [5.74, 6) is 0.0104. The summed E-state index contributed by atoms with van der Waals surface area (Å²) in [4.78, 5) is 12.2. The Hall–Kier alpha value is -2.16.